The predicted molar refractivity (Wildman–Crippen MR) is 65.3 cm³/mol. The van der Waals surface area contributed by atoms with Gasteiger partial charge in [0.1, 0.15) is 0 Å². The summed E-state index contributed by atoms with van der Waals surface area (Å²) >= 11 is 0. The highest BCUT2D eigenvalue weighted by atomic mass is 16.6. The number of aryl methyl sites for hydroxylation is 1. The van der Waals surface area contributed by atoms with Gasteiger partial charge in [-0.25, -0.2) is 0 Å². The van der Waals surface area contributed by atoms with Gasteiger partial charge in [0.05, 0.1) is 17.1 Å². The van der Waals surface area contributed by atoms with E-state index in [-0.39, 0.29) is 16.1 Å². The van der Waals surface area contributed by atoms with Crippen molar-refractivity contribution >= 4 is 11.4 Å². The van der Waals surface area contributed by atoms with Crippen molar-refractivity contribution in [1.29, 1.82) is 0 Å². The highest BCUT2D eigenvalue weighted by molar-refractivity contribution is 5.56. The van der Waals surface area contributed by atoms with E-state index >= 15 is 0 Å². The van der Waals surface area contributed by atoms with E-state index in [0.29, 0.717) is 12.2 Å². The van der Waals surface area contributed by atoms with Gasteiger partial charge in [-0.2, -0.15) is 0 Å². The Morgan fingerprint density at radius 3 is 2.88 bits per heavy atom. The van der Waals surface area contributed by atoms with Gasteiger partial charge in [0, 0.05) is 23.9 Å². The van der Waals surface area contributed by atoms with Crippen LogP contribution in [-0.4, -0.2) is 23.7 Å². The molecule has 0 amide bonds. The quantitative estimate of drug-likeness (QED) is 0.647. The van der Waals surface area contributed by atoms with Crippen LogP contribution in [0.25, 0.3) is 0 Å². The molecule has 1 aromatic carbocycles. The molecule has 0 aliphatic carbocycles. The molecule has 2 rings (SSSR count). The smallest absolute Gasteiger partial charge is 0.274 e. The molecule has 5 heteroatoms. The standard InChI is InChI=1S/C12H16N2O3/c1-9-3-4-10(7-11(9)14(15)16)13-12(2)5-6-17-8-12/h3-4,7,13H,5-6,8H2,1-2H3. The van der Waals surface area contributed by atoms with Crippen LogP contribution in [0, 0.1) is 17.0 Å². The normalized spacial score (nSPS) is 23.6. The number of rotatable bonds is 3. The molecule has 0 aromatic heterocycles. The number of nitrogens with zero attached hydrogens (tertiary/aromatic N) is 1. The average Bonchev–Trinajstić information content (AvgIpc) is 2.67. The Balaban J connectivity index is 2.22. The zero-order valence-electron chi connectivity index (χ0n) is 10.0. The topological polar surface area (TPSA) is 64.4 Å². The number of anilines is 1. The van der Waals surface area contributed by atoms with Crippen molar-refractivity contribution in [3.05, 3.63) is 33.9 Å². The van der Waals surface area contributed by atoms with E-state index in [2.05, 4.69) is 12.2 Å². The summed E-state index contributed by atoms with van der Waals surface area (Å²) in [7, 11) is 0. The average molecular weight is 236 g/mol. The summed E-state index contributed by atoms with van der Waals surface area (Å²) < 4.78 is 5.34. The molecule has 1 fully saturated rings. The van der Waals surface area contributed by atoms with E-state index in [1.165, 1.54) is 0 Å². The lowest BCUT2D eigenvalue weighted by Crippen LogP contribution is -2.34. The molecular weight excluding hydrogens is 220 g/mol. The molecule has 1 N–H and O–H groups in total. The first-order valence-electron chi connectivity index (χ1n) is 5.61. The lowest BCUT2D eigenvalue weighted by atomic mass is 10.0. The molecule has 1 saturated heterocycles. The van der Waals surface area contributed by atoms with Crippen LogP contribution in [0.5, 0.6) is 0 Å². The fraction of sp³-hybridized carbons (Fsp3) is 0.500. The highest BCUT2D eigenvalue weighted by Crippen LogP contribution is 2.27. The summed E-state index contributed by atoms with van der Waals surface area (Å²) in [5.74, 6) is 0. The molecule has 1 unspecified atom stereocenters. The van der Waals surface area contributed by atoms with E-state index in [1.807, 2.05) is 6.07 Å². The minimum atomic E-state index is -0.353. The second kappa shape index (κ2) is 4.33. The van der Waals surface area contributed by atoms with E-state index in [1.54, 1.807) is 19.1 Å². The molecule has 0 radical (unpaired) electrons. The van der Waals surface area contributed by atoms with Crippen LogP contribution in [0.2, 0.25) is 0 Å². The zero-order valence-corrected chi connectivity index (χ0v) is 10.0. The first kappa shape index (κ1) is 11.9. The second-order valence-electron chi connectivity index (χ2n) is 4.75. The minimum Gasteiger partial charge on any atom is -0.379 e. The van der Waals surface area contributed by atoms with Crippen LogP contribution in [-0.2, 0) is 4.74 Å². The van der Waals surface area contributed by atoms with Crippen LogP contribution in [0.4, 0.5) is 11.4 Å². The summed E-state index contributed by atoms with van der Waals surface area (Å²) in [6.07, 6.45) is 0.911. The van der Waals surface area contributed by atoms with Crippen LogP contribution < -0.4 is 5.32 Å². The number of ether oxygens (including phenoxy) is 1. The maximum Gasteiger partial charge on any atom is 0.274 e. The van der Waals surface area contributed by atoms with Crippen molar-refractivity contribution in [1.82, 2.24) is 0 Å². The van der Waals surface area contributed by atoms with Crippen molar-refractivity contribution in [2.75, 3.05) is 18.5 Å². The Kier molecular flexibility index (Phi) is 3.02. The first-order chi connectivity index (χ1) is 8.00. The van der Waals surface area contributed by atoms with E-state index in [9.17, 15) is 10.1 Å². The summed E-state index contributed by atoms with van der Waals surface area (Å²) in [6, 6.07) is 5.21. The molecule has 0 saturated carbocycles. The lowest BCUT2D eigenvalue weighted by Gasteiger charge is -2.24. The maximum atomic E-state index is 10.8. The molecule has 1 atom stereocenters. The van der Waals surface area contributed by atoms with Gasteiger partial charge >= 0.3 is 0 Å². The maximum absolute atomic E-state index is 10.8. The molecule has 0 bridgehead atoms. The van der Waals surface area contributed by atoms with Crippen LogP contribution in [0.1, 0.15) is 18.9 Å². The Hall–Kier alpha value is -1.62. The van der Waals surface area contributed by atoms with Gasteiger partial charge in [-0.15, -0.1) is 0 Å². The molecule has 0 spiro atoms. The van der Waals surface area contributed by atoms with Crippen LogP contribution in [0.15, 0.2) is 18.2 Å². The number of nitrogens with one attached hydrogen (secondary N) is 1. The number of hydrogen-bond acceptors (Lipinski definition) is 4. The lowest BCUT2D eigenvalue weighted by molar-refractivity contribution is -0.385. The summed E-state index contributed by atoms with van der Waals surface area (Å²) in [5, 5.41) is 14.2. The third-order valence-electron chi connectivity index (χ3n) is 3.07. The second-order valence-corrected chi connectivity index (χ2v) is 4.75. The van der Waals surface area contributed by atoms with Crippen molar-refractivity contribution in [2.24, 2.45) is 0 Å². The molecule has 17 heavy (non-hydrogen) atoms. The van der Waals surface area contributed by atoms with Crippen molar-refractivity contribution in [3.8, 4) is 0 Å². The molecular formula is C12H16N2O3. The monoisotopic (exact) mass is 236 g/mol. The van der Waals surface area contributed by atoms with Crippen molar-refractivity contribution < 1.29 is 9.66 Å². The SMILES string of the molecule is Cc1ccc(NC2(C)CCOC2)cc1[N+](=O)[O-]. The Morgan fingerprint density at radius 1 is 1.53 bits per heavy atom. The van der Waals surface area contributed by atoms with Crippen molar-refractivity contribution in [2.45, 2.75) is 25.8 Å². The largest absolute Gasteiger partial charge is 0.379 e. The fourth-order valence-corrected chi connectivity index (χ4v) is 2.00. The minimum absolute atomic E-state index is 0.122. The van der Waals surface area contributed by atoms with Gasteiger partial charge in [-0.1, -0.05) is 6.07 Å². The van der Waals surface area contributed by atoms with Crippen LogP contribution >= 0.6 is 0 Å². The number of benzene rings is 1. The highest BCUT2D eigenvalue weighted by Gasteiger charge is 2.29. The van der Waals surface area contributed by atoms with Crippen LogP contribution in [0.3, 0.4) is 0 Å². The summed E-state index contributed by atoms with van der Waals surface area (Å²) in [6.45, 7) is 5.17. The Bertz CT molecular complexity index is 439. The molecule has 92 valence electrons. The van der Waals surface area contributed by atoms with Gasteiger partial charge in [0.15, 0.2) is 0 Å². The molecule has 1 aromatic rings. The molecule has 1 aliphatic heterocycles. The molecule has 5 nitrogen and oxygen atoms in total. The number of nitro benzene ring substituents is 1. The van der Waals surface area contributed by atoms with Gasteiger partial charge in [0.2, 0.25) is 0 Å². The van der Waals surface area contributed by atoms with Crippen molar-refractivity contribution in [3.63, 3.8) is 0 Å². The van der Waals surface area contributed by atoms with Gasteiger partial charge < -0.3 is 10.1 Å². The van der Waals surface area contributed by atoms with E-state index in [4.69, 9.17) is 4.74 Å². The fourth-order valence-electron chi connectivity index (χ4n) is 2.00. The predicted octanol–water partition coefficient (Wildman–Crippen LogP) is 2.49. The van der Waals surface area contributed by atoms with Gasteiger partial charge in [-0.05, 0) is 26.3 Å². The third kappa shape index (κ3) is 2.55. The van der Waals surface area contributed by atoms with E-state index < -0.39 is 0 Å². The van der Waals surface area contributed by atoms with E-state index in [0.717, 1.165) is 18.7 Å². The first-order valence-corrected chi connectivity index (χ1v) is 5.61. The van der Waals surface area contributed by atoms with Gasteiger partial charge in [0.25, 0.3) is 5.69 Å². The van der Waals surface area contributed by atoms with Gasteiger partial charge in [-0.3, -0.25) is 10.1 Å². The molecule has 1 heterocycles. The summed E-state index contributed by atoms with van der Waals surface area (Å²) in [4.78, 5) is 10.5. The Morgan fingerprint density at radius 2 is 2.29 bits per heavy atom. The Labute approximate surface area is 99.9 Å². The zero-order chi connectivity index (χ0) is 12.5. The third-order valence-corrected chi connectivity index (χ3v) is 3.07. The number of hydrogen-bond donors (Lipinski definition) is 1. The number of nitro groups is 1. The molecule has 1 aliphatic rings. The summed E-state index contributed by atoms with van der Waals surface area (Å²) in [5.41, 5.74) is 1.48.